The molecule has 0 saturated carbocycles. The van der Waals surface area contributed by atoms with Crippen LogP contribution in [0.1, 0.15) is 53.6 Å². The van der Waals surface area contributed by atoms with Gasteiger partial charge in [0, 0.05) is 37.6 Å². The predicted molar refractivity (Wildman–Crippen MR) is 135 cm³/mol. The number of amides is 2. The molecule has 6 heteroatoms. The number of rotatable bonds is 1. The zero-order chi connectivity index (χ0) is 24.1. The van der Waals surface area contributed by atoms with E-state index in [1.54, 1.807) is 0 Å². The van der Waals surface area contributed by atoms with Crippen LogP contribution in [0.25, 0.3) is 0 Å². The minimum atomic E-state index is -0.131. The summed E-state index contributed by atoms with van der Waals surface area (Å²) in [6.45, 7) is 3.82. The third-order valence-corrected chi connectivity index (χ3v) is 7.98. The summed E-state index contributed by atoms with van der Waals surface area (Å²) >= 11 is 0. The summed E-state index contributed by atoms with van der Waals surface area (Å²) in [5, 5.41) is 2.93. The van der Waals surface area contributed by atoms with Gasteiger partial charge in [0.1, 0.15) is 5.75 Å². The van der Waals surface area contributed by atoms with E-state index in [1.807, 2.05) is 24.3 Å². The van der Waals surface area contributed by atoms with E-state index >= 15 is 0 Å². The number of benzene rings is 2. The Hall–Kier alpha value is -2.86. The van der Waals surface area contributed by atoms with Crippen LogP contribution in [0.4, 0.5) is 0 Å². The van der Waals surface area contributed by atoms with E-state index in [0.717, 1.165) is 58.0 Å². The fraction of sp³-hybridized carbons (Fsp3) is 0.517. The summed E-state index contributed by atoms with van der Waals surface area (Å²) in [7, 11) is 0. The van der Waals surface area contributed by atoms with Gasteiger partial charge in [-0.3, -0.25) is 9.59 Å². The molecule has 1 spiro atoms. The number of likely N-dealkylation sites (tertiary alicyclic amines) is 1. The molecule has 1 saturated heterocycles. The molecule has 5 rings (SSSR count). The lowest BCUT2D eigenvalue weighted by atomic mass is 9.75. The molecule has 0 atom stereocenters. The summed E-state index contributed by atoms with van der Waals surface area (Å²) in [5.41, 5.74) is 3.21. The predicted octanol–water partition coefficient (Wildman–Crippen LogP) is 4.02. The van der Waals surface area contributed by atoms with Gasteiger partial charge in [0.25, 0.3) is 5.91 Å². The van der Waals surface area contributed by atoms with Gasteiger partial charge in [0.2, 0.25) is 5.91 Å². The molecule has 2 aromatic carbocycles. The van der Waals surface area contributed by atoms with Crippen LogP contribution in [0.3, 0.4) is 0 Å². The lowest BCUT2D eigenvalue weighted by Gasteiger charge is -2.42. The number of piperidine rings is 1. The van der Waals surface area contributed by atoms with Crippen LogP contribution in [0.15, 0.2) is 48.5 Å². The summed E-state index contributed by atoms with van der Waals surface area (Å²) < 4.78 is 12.1. The molecule has 0 bridgehead atoms. The van der Waals surface area contributed by atoms with Crippen molar-refractivity contribution in [1.29, 1.82) is 0 Å². The van der Waals surface area contributed by atoms with E-state index in [0.29, 0.717) is 43.6 Å². The Kier molecular flexibility index (Phi) is 7.37. The Morgan fingerprint density at radius 3 is 2.40 bits per heavy atom. The van der Waals surface area contributed by atoms with Gasteiger partial charge in [-0.05, 0) is 61.8 Å². The molecule has 1 aliphatic carbocycles. The second kappa shape index (κ2) is 10.8. The number of nitrogens with zero attached hydrogens (tertiary/aromatic N) is 1. The first kappa shape index (κ1) is 23.9. The van der Waals surface area contributed by atoms with E-state index in [-0.39, 0.29) is 17.2 Å². The van der Waals surface area contributed by atoms with Crippen molar-refractivity contribution in [2.24, 2.45) is 11.3 Å². The Morgan fingerprint density at radius 1 is 0.914 bits per heavy atom. The minimum Gasteiger partial charge on any atom is -0.492 e. The van der Waals surface area contributed by atoms with E-state index in [9.17, 15) is 9.59 Å². The molecule has 1 N–H and O–H groups in total. The van der Waals surface area contributed by atoms with Crippen LogP contribution in [-0.4, -0.2) is 56.2 Å². The zero-order valence-corrected chi connectivity index (χ0v) is 20.5. The number of carbonyl (C=O) groups excluding carboxylic acids is 2. The highest BCUT2D eigenvalue weighted by atomic mass is 16.5. The van der Waals surface area contributed by atoms with Gasteiger partial charge < -0.3 is 19.7 Å². The van der Waals surface area contributed by atoms with Crippen LogP contribution < -0.4 is 10.1 Å². The lowest BCUT2D eigenvalue weighted by molar-refractivity contribution is -0.138. The summed E-state index contributed by atoms with van der Waals surface area (Å²) in [6, 6.07) is 15.9. The maximum Gasteiger partial charge on any atom is 0.255 e. The summed E-state index contributed by atoms with van der Waals surface area (Å²) in [5.74, 6) is 0.871. The Labute approximate surface area is 208 Å². The van der Waals surface area contributed by atoms with Gasteiger partial charge in [-0.1, -0.05) is 42.8 Å². The maximum atomic E-state index is 13.4. The van der Waals surface area contributed by atoms with Crippen molar-refractivity contribution in [3.05, 3.63) is 65.2 Å². The van der Waals surface area contributed by atoms with Gasteiger partial charge in [-0.15, -0.1) is 0 Å². The maximum absolute atomic E-state index is 13.4. The number of nitrogens with one attached hydrogen (secondary N) is 1. The molecule has 0 radical (unpaired) electrons. The average Bonchev–Trinajstić information content (AvgIpc) is 3.33. The normalized spacial score (nSPS) is 21.4. The number of para-hydroxylation sites is 1. The van der Waals surface area contributed by atoms with Crippen LogP contribution >= 0.6 is 0 Å². The fourth-order valence-electron chi connectivity index (χ4n) is 5.81. The Morgan fingerprint density at radius 2 is 1.63 bits per heavy atom. The minimum absolute atomic E-state index is 0.00310. The molecule has 0 aromatic heterocycles. The molecule has 186 valence electrons. The van der Waals surface area contributed by atoms with Crippen molar-refractivity contribution >= 4 is 11.8 Å². The summed E-state index contributed by atoms with van der Waals surface area (Å²) in [4.78, 5) is 28.1. The third kappa shape index (κ3) is 5.53. The molecule has 2 aliphatic heterocycles. The molecule has 6 nitrogen and oxygen atoms in total. The van der Waals surface area contributed by atoms with Crippen LogP contribution in [0, 0.1) is 11.3 Å². The first-order valence-corrected chi connectivity index (χ1v) is 13.1. The molecule has 35 heavy (non-hydrogen) atoms. The molecule has 2 aromatic rings. The highest BCUT2D eigenvalue weighted by molar-refractivity contribution is 5.96. The number of ether oxygens (including phenoxy) is 2. The van der Waals surface area contributed by atoms with Crippen molar-refractivity contribution in [1.82, 2.24) is 10.2 Å². The quantitative estimate of drug-likeness (QED) is 0.675. The number of fused-ring (bicyclic) bond motifs is 2. The first-order chi connectivity index (χ1) is 17.1. The Balaban J connectivity index is 1.25. The van der Waals surface area contributed by atoms with Gasteiger partial charge in [-0.25, -0.2) is 0 Å². The summed E-state index contributed by atoms with van der Waals surface area (Å²) in [6.07, 6.45) is 6.68. The van der Waals surface area contributed by atoms with E-state index in [1.165, 1.54) is 11.1 Å². The molecule has 2 heterocycles. The average molecular weight is 477 g/mol. The van der Waals surface area contributed by atoms with Crippen molar-refractivity contribution in [2.45, 2.75) is 44.9 Å². The van der Waals surface area contributed by atoms with Crippen molar-refractivity contribution < 1.29 is 19.1 Å². The number of hydrogen-bond acceptors (Lipinski definition) is 4. The molecular formula is C29H36N2O4. The van der Waals surface area contributed by atoms with E-state index < -0.39 is 0 Å². The molecule has 2 amide bonds. The highest BCUT2D eigenvalue weighted by Crippen LogP contribution is 2.39. The van der Waals surface area contributed by atoms with Gasteiger partial charge in [-0.2, -0.15) is 0 Å². The highest BCUT2D eigenvalue weighted by Gasteiger charge is 2.39. The molecular weight excluding hydrogens is 440 g/mol. The zero-order valence-electron chi connectivity index (χ0n) is 20.5. The smallest absolute Gasteiger partial charge is 0.255 e. The lowest BCUT2D eigenvalue weighted by Crippen LogP contribution is -2.47. The van der Waals surface area contributed by atoms with E-state index in [2.05, 4.69) is 34.5 Å². The van der Waals surface area contributed by atoms with Crippen molar-refractivity contribution in [2.75, 3.05) is 39.5 Å². The SMILES string of the molecule is O=C1NCCOCCCCC2(CCN(C(=O)C3Cc4ccccc4C3)CC2)COc2ccccc21. The van der Waals surface area contributed by atoms with Gasteiger partial charge >= 0.3 is 0 Å². The Bertz CT molecular complexity index is 1020. The largest absolute Gasteiger partial charge is 0.492 e. The molecule has 0 unspecified atom stereocenters. The van der Waals surface area contributed by atoms with E-state index in [4.69, 9.17) is 9.47 Å². The van der Waals surface area contributed by atoms with Crippen LogP contribution in [0.2, 0.25) is 0 Å². The van der Waals surface area contributed by atoms with Crippen molar-refractivity contribution in [3.63, 3.8) is 0 Å². The second-order valence-corrected chi connectivity index (χ2v) is 10.3. The van der Waals surface area contributed by atoms with Crippen molar-refractivity contribution in [3.8, 4) is 5.75 Å². The van der Waals surface area contributed by atoms with Crippen LogP contribution in [-0.2, 0) is 22.4 Å². The number of carbonyl (C=O) groups is 2. The van der Waals surface area contributed by atoms with Gasteiger partial charge in [0.05, 0.1) is 18.8 Å². The monoisotopic (exact) mass is 476 g/mol. The molecule has 1 fully saturated rings. The fourth-order valence-corrected chi connectivity index (χ4v) is 5.81. The third-order valence-electron chi connectivity index (χ3n) is 7.98. The first-order valence-electron chi connectivity index (χ1n) is 13.1. The van der Waals surface area contributed by atoms with Crippen LogP contribution in [0.5, 0.6) is 5.75 Å². The standard InChI is InChI=1S/C29H36N2O4/c32-27-25-9-3-4-10-26(25)35-21-29(11-5-6-17-34-18-14-30-27)12-15-31(16-13-29)28(33)24-19-22-7-1-2-8-23(22)20-24/h1-4,7-10,24H,5-6,11-21H2,(H,30,32). The molecule has 3 aliphatic rings. The number of hydrogen-bond donors (Lipinski definition) is 1. The topological polar surface area (TPSA) is 67.9 Å². The van der Waals surface area contributed by atoms with Gasteiger partial charge in [0.15, 0.2) is 0 Å². The second-order valence-electron chi connectivity index (χ2n) is 10.3.